The summed E-state index contributed by atoms with van der Waals surface area (Å²) >= 11 is 6.74. The molecule has 19 heavy (non-hydrogen) atoms. The SMILES string of the molecule is CCNC(=S)N/N=C\c1ccc(N2CCOCC2)s1. The van der Waals surface area contributed by atoms with Crippen molar-refractivity contribution in [2.45, 2.75) is 6.92 Å². The third kappa shape index (κ3) is 4.45. The molecule has 1 aromatic rings. The van der Waals surface area contributed by atoms with E-state index in [4.69, 9.17) is 17.0 Å². The monoisotopic (exact) mass is 298 g/mol. The molecule has 0 aliphatic carbocycles. The van der Waals surface area contributed by atoms with Crippen LogP contribution in [-0.2, 0) is 4.74 Å². The summed E-state index contributed by atoms with van der Waals surface area (Å²) in [5, 5.41) is 8.89. The Labute approximate surface area is 122 Å². The molecule has 1 aliphatic heterocycles. The van der Waals surface area contributed by atoms with Crippen LogP contribution in [-0.4, -0.2) is 44.2 Å². The van der Waals surface area contributed by atoms with Crippen molar-refractivity contribution in [2.24, 2.45) is 5.10 Å². The van der Waals surface area contributed by atoms with Gasteiger partial charge in [0.2, 0.25) is 0 Å². The van der Waals surface area contributed by atoms with E-state index in [-0.39, 0.29) is 0 Å². The maximum Gasteiger partial charge on any atom is 0.186 e. The Bertz CT molecular complexity index is 441. The first-order valence-corrected chi connectivity index (χ1v) is 7.51. The Morgan fingerprint density at radius 2 is 2.32 bits per heavy atom. The second kappa shape index (κ2) is 7.42. The van der Waals surface area contributed by atoms with Gasteiger partial charge in [-0.3, -0.25) is 5.43 Å². The molecule has 5 nitrogen and oxygen atoms in total. The van der Waals surface area contributed by atoms with Gasteiger partial charge in [0.1, 0.15) is 0 Å². The van der Waals surface area contributed by atoms with Gasteiger partial charge in [0.15, 0.2) is 5.11 Å². The van der Waals surface area contributed by atoms with Gasteiger partial charge in [-0.1, -0.05) is 0 Å². The van der Waals surface area contributed by atoms with E-state index in [0.29, 0.717) is 5.11 Å². The van der Waals surface area contributed by atoms with E-state index in [1.165, 1.54) is 5.00 Å². The lowest BCUT2D eigenvalue weighted by atomic mass is 10.4. The Hall–Kier alpha value is -1.18. The van der Waals surface area contributed by atoms with Crippen LogP contribution in [0.5, 0.6) is 0 Å². The van der Waals surface area contributed by atoms with Crippen LogP contribution in [0.15, 0.2) is 17.2 Å². The number of ether oxygens (including phenoxy) is 1. The maximum atomic E-state index is 5.35. The number of nitrogens with one attached hydrogen (secondary N) is 2. The van der Waals surface area contributed by atoms with Crippen LogP contribution in [0.25, 0.3) is 0 Å². The first-order chi connectivity index (χ1) is 9.29. The minimum atomic E-state index is 0.545. The van der Waals surface area contributed by atoms with Crippen molar-refractivity contribution < 1.29 is 4.74 Å². The fraction of sp³-hybridized carbons (Fsp3) is 0.500. The molecular weight excluding hydrogens is 280 g/mol. The van der Waals surface area contributed by atoms with Crippen molar-refractivity contribution in [3.63, 3.8) is 0 Å². The number of thiocarbonyl (C=S) groups is 1. The number of nitrogens with zero attached hydrogens (tertiary/aromatic N) is 2. The lowest BCUT2D eigenvalue weighted by Gasteiger charge is -2.27. The van der Waals surface area contributed by atoms with Crippen molar-refractivity contribution in [3.8, 4) is 0 Å². The molecule has 0 aromatic carbocycles. The molecule has 2 heterocycles. The van der Waals surface area contributed by atoms with Crippen molar-refractivity contribution >= 4 is 39.9 Å². The van der Waals surface area contributed by atoms with Gasteiger partial charge in [0, 0.05) is 24.5 Å². The molecule has 1 aliphatic rings. The van der Waals surface area contributed by atoms with Crippen LogP contribution in [0, 0.1) is 0 Å². The number of hydrazone groups is 1. The molecule has 1 aromatic heterocycles. The first kappa shape index (κ1) is 14.2. The highest BCUT2D eigenvalue weighted by Gasteiger charge is 2.12. The summed E-state index contributed by atoms with van der Waals surface area (Å²) in [5.74, 6) is 0. The van der Waals surface area contributed by atoms with Crippen molar-refractivity contribution in [2.75, 3.05) is 37.7 Å². The summed E-state index contributed by atoms with van der Waals surface area (Å²) in [6, 6.07) is 4.19. The number of rotatable bonds is 4. The van der Waals surface area contributed by atoms with E-state index in [0.717, 1.165) is 37.7 Å². The molecular formula is C12H18N4OS2. The van der Waals surface area contributed by atoms with Gasteiger partial charge >= 0.3 is 0 Å². The second-order valence-corrected chi connectivity index (χ2v) is 5.51. The molecule has 104 valence electrons. The molecule has 0 amide bonds. The predicted molar refractivity (Wildman–Crippen MR) is 84.4 cm³/mol. The number of hydrogen-bond acceptors (Lipinski definition) is 5. The lowest BCUT2D eigenvalue weighted by Crippen LogP contribution is -2.35. The highest BCUT2D eigenvalue weighted by molar-refractivity contribution is 7.80. The summed E-state index contributed by atoms with van der Waals surface area (Å²) in [7, 11) is 0. The van der Waals surface area contributed by atoms with Crippen LogP contribution in [0.4, 0.5) is 5.00 Å². The van der Waals surface area contributed by atoms with Crippen molar-refractivity contribution in [3.05, 3.63) is 17.0 Å². The minimum Gasteiger partial charge on any atom is -0.378 e. The van der Waals surface area contributed by atoms with E-state index in [9.17, 15) is 0 Å². The maximum absolute atomic E-state index is 5.35. The Morgan fingerprint density at radius 1 is 1.53 bits per heavy atom. The molecule has 2 N–H and O–H groups in total. The van der Waals surface area contributed by atoms with Gasteiger partial charge in [-0.2, -0.15) is 5.10 Å². The van der Waals surface area contributed by atoms with Crippen molar-refractivity contribution in [1.82, 2.24) is 10.7 Å². The van der Waals surface area contributed by atoms with Crippen LogP contribution < -0.4 is 15.6 Å². The zero-order valence-electron chi connectivity index (χ0n) is 10.9. The van der Waals surface area contributed by atoms with Gasteiger partial charge in [-0.15, -0.1) is 11.3 Å². The zero-order valence-corrected chi connectivity index (χ0v) is 12.5. The quantitative estimate of drug-likeness (QED) is 0.500. The molecule has 1 fully saturated rings. The molecule has 0 bridgehead atoms. The molecule has 7 heteroatoms. The smallest absolute Gasteiger partial charge is 0.186 e. The van der Waals surface area contributed by atoms with Crippen LogP contribution >= 0.6 is 23.6 Å². The molecule has 1 saturated heterocycles. The fourth-order valence-electron chi connectivity index (χ4n) is 1.72. The topological polar surface area (TPSA) is 48.9 Å². The van der Waals surface area contributed by atoms with Gasteiger partial charge in [-0.05, 0) is 31.3 Å². The molecule has 0 spiro atoms. The van der Waals surface area contributed by atoms with Gasteiger partial charge < -0.3 is 15.0 Å². The van der Waals surface area contributed by atoms with E-state index >= 15 is 0 Å². The summed E-state index contributed by atoms with van der Waals surface area (Å²) in [6.07, 6.45) is 1.79. The first-order valence-electron chi connectivity index (χ1n) is 6.29. The number of hydrogen-bond donors (Lipinski definition) is 2. The number of thiophene rings is 1. The Balaban J connectivity index is 1.86. The van der Waals surface area contributed by atoms with Gasteiger partial charge in [0.25, 0.3) is 0 Å². The van der Waals surface area contributed by atoms with E-state index in [1.54, 1.807) is 17.6 Å². The van der Waals surface area contributed by atoms with Crippen LogP contribution in [0.3, 0.4) is 0 Å². The van der Waals surface area contributed by atoms with Crippen LogP contribution in [0.1, 0.15) is 11.8 Å². The predicted octanol–water partition coefficient (Wildman–Crippen LogP) is 1.40. The van der Waals surface area contributed by atoms with Crippen molar-refractivity contribution in [1.29, 1.82) is 0 Å². The minimum absolute atomic E-state index is 0.545. The Morgan fingerprint density at radius 3 is 3.05 bits per heavy atom. The largest absolute Gasteiger partial charge is 0.378 e. The summed E-state index contributed by atoms with van der Waals surface area (Å²) in [6.45, 7) is 6.31. The third-order valence-electron chi connectivity index (χ3n) is 2.63. The normalized spacial score (nSPS) is 15.7. The molecule has 0 atom stereocenters. The average molecular weight is 298 g/mol. The zero-order chi connectivity index (χ0) is 13.5. The van der Waals surface area contributed by atoms with Crippen LogP contribution in [0.2, 0.25) is 0 Å². The van der Waals surface area contributed by atoms with E-state index in [1.807, 2.05) is 6.92 Å². The standard InChI is InChI=1S/C12H18N4OS2/c1-2-13-12(18)15-14-9-10-3-4-11(19-10)16-5-7-17-8-6-16/h3-4,9H,2,5-8H2,1H3,(H2,13,15,18)/b14-9-. The Kier molecular flexibility index (Phi) is 5.56. The molecule has 2 rings (SSSR count). The summed E-state index contributed by atoms with van der Waals surface area (Å²) in [4.78, 5) is 3.44. The number of morpholine rings is 1. The summed E-state index contributed by atoms with van der Waals surface area (Å²) < 4.78 is 5.35. The third-order valence-corrected chi connectivity index (χ3v) is 3.95. The molecule has 0 radical (unpaired) electrons. The fourth-order valence-corrected chi connectivity index (χ4v) is 2.85. The molecule has 0 unspecified atom stereocenters. The lowest BCUT2D eigenvalue weighted by molar-refractivity contribution is 0.123. The second-order valence-electron chi connectivity index (χ2n) is 4.00. The summed E-state index contributed by atoms with van der Waals surface area (Å²) in [5.41, 5.74) is 2.78. The molecule has 0 saturated carbocycles. The number of anilines is 1. The van der Waals surface area contributed by atoms with E-state index < -0.39 is 0 Å². The van der Waals surface area contributed by atoms with Gasteiger partial charge in [-0.25, -0.2) is 0 Å². The average Bonchev–Trinajstić information content (AvgIpc) is 2.89. The van der Waals surface area contributed by atoms with Gasteiger partial charge in [0.05, 0.1) is 24.4 Å². The highest BCUT2D eigenvalue weighted by Crippen LogP contribution is 2.25. The highest BCUT2D eigenvalue weighted by atomic mass is 32.1. The van der Waals surface area contributed by atoms with E-state index in [2.05, 4.69) is 32.9 Å².